The lowest BCUT2D eigenvalue weighted by atomic mass is 10.2. The van der Waals surface area contributed by atoms with Gasteiger partial charge in [0.15, 0.2) is 0 Å². The van der Waals surface area contributed by atoms with Crippen LogP contribution in [0, 0.1) is 5.82 Å². The van der Waals surface area contributed by atoms with E-state index < -0.39 is 5.82 Å². The van der Waals surface area contributed by atoms with E-state index in [1.165, 1.54) is 13.0 Å². The molecule has 0 aliphatic rings. The molecule has 0 bridgehead atoms. The van der Waals surface area contributed by atoms with Gasteiger partial charge in [-0.05, 0) is 25.1 Å². The van der Waals surface area contributed by atoms with Gasteiger partial charge >= 0.3 is 0 Å². The molecule has 0 aliphatic carbocycles. The summed E-state index contributed by atoms with van der Waals surface area (Å²) >= 11 is 0. The Morgan fingerprint density at radius 3 is 2.80 bits per heavy atom. The topological polar surface area (TPSA) is 66.9 Å². The van der Waals surface area contributed by atoms with Crippen molar-refractivity contribution in [2.45, 2.75) is 19.9 Å². The third kappa shape index (κ3) is 3.50. The Balaban J connectivity index is 2.15. The van der Waals surface area contributed by atoms with Gasteiger partial charge in [-0.3, -0.25) is 14.8 Å². The Morgan fingerprint density at radius 2 is 2.15 bits per heavy atom. The van der Waals surface area contributed by atoms with Crippen molar-refractivity contribution in [3.8, 4) is 0 Å². The SMILES string of the molecule is CC(=O)Nc1cc(NC(C)c2cnccn2)ccc1F. The second kappa shape index (κ2) is 6.10. The normalized spacial score (nSPS) is 11.8. The summed E-state index contributed by atoms with van der Waals surface area (Å²) in [5.74, 6) is -0.791. The maximum Gasteiger partial charge on any atom is 0.221 e. The maximum atomic E-state index is 13.5. The number of nitrogens with zero attached hydrogens (tertiary/aromatic N) is 2. The number of carbonyl (C=O) groups excluding carboxylic acids is 1. The largest absolute Gasteiger partial charge is 0.377 e. The number of nitrogens with one attached hydrogen (secondary N) is 2. The molecule has 2 N–H and O–H groups in total. The number of carbonyl (C=O) groups is 1. The molecule has 1 heterocycles. The average molecular weight is 274 g/mol. The molecule has 1 aromatic heterocycles. The summed E-state index contributed by atoms with van der Waals surface area (Å²) in [6.07, 6.45) is 4.87. The van der Waals surface area contributed by atoms with Crippen molar-refractivity contribution < 1.29 is 9.18 Å². The van der Waals surface area contributed by atoms with Crippen LogP contribution in [0.25, 0.3) is 0 Å². The number of hydrogen-bond donors (Lipinski definition) is 2. The molecule has 104 valence electrons. The molecule has 20 heavy (non-hydrogen) atoms. The molecule has 1 atom stereocenters. The molecule has 1 unspecified atom stereocenters. The zero-order valence-corrected chi connectivity index (χ0v) is 11.2. The van der Waals surface area contributed by atoms with E-state index in [1.54, 1.807) is 30.7 Å². The highest BCUT2D eigenvalue weighted by atomic mass is 19.1. The standard InChI is InChI=1S/C14H15FN4O/c1-9(14-8-16-5-6-17-14)18-11-3-4-12(15)13(7-11)19-10(2)20/h3-9,18H,1-2H3,(H,19,20). The molecule has 0 fully saturated rings. The molecule has 0 saturated heterocycles. The number of benzene rings is 1. The summed E-state index contributed by atoms with van der Waals surface area (Å²) < 4.78 is 13.5. The highest BCUT2D eigenvalue weighted by Crippen LogP contribution is 2.23. The average Bonchev–Trinajstić information content (AvgIpc) is 2.43. The Morgan fingerprint density at radius 1 is 1.35 bits per heavy atom. The van der Waals surface area contributed by atoms with Crippen LogP contribution < -0.4 is 10.6 Å². The van der Waals surface area contributed by atoms with E-state index in [4.69, 9.17) is 0 Å². The third-order valence-electron chi connectivity index (χ3n) is 2.69. The molecule has 6 heteroatoms. The first kappa shape index (κ1) is 13.9. The fourth-order valence-corrected chi connectivity index (χ4v) is 1.76. The van der Waals surface area contributed by atoms with Gasteiger partial charge in [-0.1, -0.05) is 0 Å². The van der Waals surface area contributed by atoms with Gasteiger partial charge in [0.25, 0.3) is 0 Å². The zero-order chi connectivity index (χ0) is 14.5. The summed E-state index contributed by atoms with van der Waals surface area (Å²) in [7, 11) is 0. The first-order valence-corrected chi connectivity index (χ1v) is 6.16. The fourth-order valence-electron chi connectivity index (χ4n) is 1.76. The van der Waals surface area contributed by atoms with Crippen molar-refractivity contribution in [2.24, 2.45) is 0 Å². The Labute approximate surface area is 116 Å². The van der Waals surface area contributed by atoms with Crippen molar-refractivity contribution in [1.82, 2.24) is 9.97 Å². The minimum atomic E-state index is -0.474. The van der Waals surface area contributed by atoms with E-state index in [0.29, 0.717) is 5.69 Å². The van der Waals surface area contributed by atoms with Crippen LogP contribution in [-0.2, 0) is 4.79 Å². The number of rotatable bonds is 4. The molecule has 1 aromatic carbocycles. The van der Waals surface area contributed by atoms with Gasteiger partial charge in [0, 0.05) is 25.0 Å². The molecule has 2 rings (SSSR count). The van der Waals surface area contributed by atoms with E-state index >= 15 is 0 Å². The van der Waals surface area contributed by atoms with Gasteiger partial charge in [0.1, 0.15) is 5.82 Å². The minimum absolute atomic E-state index is 0.0839. The van der Waals surface area contributed by atoms with E-state index in [2.05, 4.69) is 20.6 Å². The summed E-state index contributed by atoms with van der Waals surface area (Å²) in [4.78, 5) is 19.2. The maximum absolute atomic E-state index is 13.5. The number of anilines is 2. The molecule has 0 saturated carbocycles. The molecule has 5 nitrogen and oxygen atoms in total. The van der Waals surface area contributed by atoms with Crippen LogP contribution in [0.4, 0.5) is 15.8 Å². The van der Waals surface area contributed by atoms with Crippen LogP contribution in [0.3, 0.4) is 0 Å². The van der Waals surface area contributed by atoms with E-state index in [9.17, 15) is 9.18 Å². The van der Waals surface area contributed by atoms with Crippen LogP contribution in [0.1, 0.15) is 25.6 Å². The van der Waals surface area contributed by atoms with Gasteiger partial charge in [-0.15, -0.1) is 0 Å². The smallest absolute Gasteiger partial charge is 0.221 e. The number of hydrogen-bond acceptors (Lipinski definition) is 4. The lowest BCUT2D eigenvalue weighted by Gasteiger charge is -2.15. The van der Waals surface area contributed by atoms with Crippen molar-refractivity contribution in [2.75, 3.05) is 10.6 Å². The molecule has 2 aromatic rings. The second-order valence-electron chi connectivity index (χ2n) is 4.37. The lowest BCUT2D eigenvalue weighted by Crippen LogP contribution is -2.11. The third-order valence-corrected chi connectivity index (χ3v) is 2.69. The Kier molecular flexibility index (Phi) is 4.24. The summed E-state index contributed by atoms with van der Waals surface area (Å²) in [5, 5.41) is 5.62. The molecule has 0 spiro atoms. The van der Waals surface area contributed by atoms with E-state index in [1.807, 2.05) is 6.92 Å². The predicted octanol–water partition coefficient (Wildman–Crippen LogP) is 2.75. The van der Waals surface area contributed by atoms with Crippen LogP contribution in [0.5, 0.6) is 0 Å². The zero-order valence-electron chi connectivity index (χ0n) is 11.2. The summed E-state index contributed by atoms with van der Waals surface area (Å²) in [5.41, 5.74) is 1.61. The molecular formula is C14H15FN4O. The first-order valence-electron chi connectivity index (χ1n) is 6.16. The van der Waals surface area contributed by atoms with Gasteiger partial charge in [-0.2, -0.15) is 0 Å². The van der Waals surface area contributed by atoms with Gasteiger partial charge < -0.3 is 10.6 Å². The Hall–Kier alpha value is -2.50. The Bertz CT molecular complexity index is 603. The van der Waals surface area contributed by atoms with Gasteiger partial charge in [0.05, 0.1) is 23.6 Å². The number of amides is 1. The van der Waals surface area contributed by atoms with Crippen molar-refractivity contribution in [1.29, 1.82) is 0 Å². The van der Waals surface area contributed by atoms with Crippen molar-refractivity contribution in [3.05, 3.63) is 48.3 Å². The van der Waals surface area contributed by atoms with Crippen molar-refractivity contribution in [3.63, 3.8) is 0 Å². The van der Waals surface area contributed by atoms with E-state index in [0.717, 1.165) is 5.69 Å². The highest BCUT2D eigenvalue weighted by Gasteiger charge is 2.09. The van der Waals surface area contributed by atoms with Crippen LogP contribution >= 0.6 is 0 Å². The predicted molar refractivity (Wildman–Crippen MR) is 74.8 cm³/mol. The van der Waals surface area contributed by atoms with Crippen LogP contribution in [0.2, 0.25) is 0 Å². The first-order chi connectivity index (χ1) is 9.56. The molecular weight excluding hydrogens is 259 g/mol. The molecule has 0 aliphatic heterocycles. The number of aromatic nitrogens is 2. The van der Waals surface area contributed by atoms with E-state index in [-0.39, 0.29) is 17.6 Å². The quantitative estimate of drug-likeness (QED) is 0.899. The van der Waals surface area contributed by atoms with Crippen LogP contribution in [-0.4, -0.2) is 15.9 Å². The molecule has 1 amide bonds. The van der Waals surface area contributed by atoms with Gasteiger partial charge in [-0.25, -0.2) is 4.39 Å². The van der Waals surface area contributed by atoms with Crippen molar-refractivity contribution >= 4 is 17.3 Å². The highest BCUT2D eigenvalue weighted by molar-refractivity contribution is 5.89. The minimum Gasteiger partial charge on any atom is -0.377 e. The summed E-state index contributed by atoms with van der Waals surface area (Å²) in [6, 6.07) is 4.37. The van der Waals surface area contributed by atoms with Crippen LogP contribution in [0.15, 0.2) is 36.8 Å². The lowest BCUT2D eigenvalue weighted by molar-refractivity contribution is -0.114. The molecule has 0 radical (unpaired) electrons. The van der Waals surface area contributed by atoms with Gasteiger partial charge in [0.2, 0.25) is 5.91 Å². The fraction of sp³-hybridized carbons (Fsp3) is 0.214. The second-order valence-corrected chi connectivity index (χ2v) is 4.37. The monoisotopic (exact) mass is 274 g/mol. The number of halogens is 1. The summed E-state index contributed by atoms with van der Waals surface area (Å²) in [6.45, 7) is 3.26.